The van der Waals surface area contributed by atoms with Crippen LogP contribution in [0.2, 0.25) is 0 Å². The number of benzene rings is 1. The minimum Gasteiger partial charge on any atom is -0.490 e. The van der Waals surface area contributed by atoms with Gasteiger partial charge in [0, 0.05) is 6.61 Å². The molecule has 0 heterocycles. The molecule has 0 spiro atoms. The molecule has 1 N–H and O–H groups in total. The maximum Gasteiger partial charge on any atom is 0.119 e. The van der Waals surface area contributed by atoms with Crippen LogP contribution in [0, 0.1) is 5.92 Å². The molecule has 1 saturated carbocycles. The van der Waals surface area contributed by atoms with Crippen LogP contribution in [0.15, 0.2) is 24.3 Å². The Labute approximate surface area is 90.9 Å². The first-order valence-corrected chi connectivity index (χ1v) is 5.64. The molecule has 2 rings (SSSR count). The zero-order valence-electron chi connectivity index (χ0n) is 9.15. The lowest BCUT2D eigenvalue weighted by atomic mass is 10.0. The molecule has 0 bridgehead atoms. The van der Waals surface area contributed by atoms with E-state index < -0.39 is 0 Å². The molecule has 1 aliphatic rings. The second-order valence-corrected chi connectivity index (χ2v) is 4.46. The van der Waals surface area contributed by atoms with E-state index in [9.17, 15) is 0 Å². The van der Waals surface area contributed by atoms with Crippen molar-refractivity contribution in [3.63, 3.8) is 0 Å². The van der Waals surface area contributed by atoms with Crippen LogP contribution in [0.25, 0.3) is 0 Å². The lowest BCUT2D eigenvalue weighted by molar-refractivity contribution is 0.237. The van der Waals surface area contributed by atoms with Crippen LogP contribution >= 0.6 is 0 Å². The number of hydrogen-bond acceptors (Lipinski definition) is 2. The molecule has 1 atom stereocenters. The third-order valence-corrected chi connectivity index (χ3v) is 2.62. The third-order valence-electron chi connectivity index (χ3n) is 2.62. The summed E-state index contributed by atoms with van der Waals surface area (Å²) in [5, 5.41) is 8.99. The van der Waals surface area contributed by atoms with E-state index in [1.807, 2.05) is 12.1 Å². The zero-order chi connectivity index (χ0) is 10.7. The highest BCUT2D eigenvalue weighted by molar-refractivity contribution is 5.29. The van der Waals surface area contributed by atoms with Crippen molar-refractivity contribution in [2.75, 3.05) is 6.61 Å². The molecule has 82 valence electrons. The summed E-state index contributed by atoms with van der Waals surface area (Å²) in [5.41, 5.74) is 1.25. The number of aliphatic hydroxyl groups excluding tert-OH is 1. The van der Waals surface area contributed by atoms with E-state index in [2.05, 4.69) is 19.1 Å². The average molecular weight is 206 g/mol. The van der Waals surface area contributed by atoms with E-state index in [0.717, 1.165) is 12.2 Å². The van der Waals surface area contributed by atoms with Crippen molar-refractivity contribution < 1.29 is 9.84 Å². The Balaban J connectivity index is 1.97. The van der Waals surface area contributed by atoms with Crippen molar-refractivity contribution in [3.8, 4) is 5.75 Å². The summed E-state index contributed by atoms with van der Waals surface area (Å²) in [6.07, 6.45) is 3.75. The van der Waals surface area contributed by atoms with Gasteiger partial charge in [-0.1, -0.05) is 19.1 Å². The predicted octanol–water partition coefficient (Wildman–Crippen LogP) is 2.40. The lowest BCUT2D eigenvalue weighted by Gasteiger charge is -2.10. The highest BCUT2D eigenvalue weighted by Gasteiger charge is 2.23. The Morgan fingerprint density at radius 2 is 2.27 bits per heavy atom. The topological polar surface area (TPSA) is 29.5 Å². The van der Waals surface area contributed by atoms with Gasteiger partial charge in [-0.3, -0.25) is 0 Å². The summed E-state index contributed by atoms with van der Waals surface area (Å²) in [4.78, 5) is 0. The van der Waals surface area contributed by atoms with Gasteiger partial charge in [-0.15, -0.1) is 0 Å². The van der Waals surface area contributed by atoms with Crippen LogP contribution in [-0.2, 0) is 6.42 Å². The summed E-state index contributed by atoms with van der Waals surface area (Å²) in [6, 6.07) is 8.21. The van der Waals surface area contributed by atoms with Gasteiger partial charge < -0.3 is 9.84 Å². The number of hydrogen-bond donors (Lipinski definition) is 1. The van der Waals surface area contributed by atoms with Gasteiger partial charge in [-0.05, 0) is 42.9 Å². The Kier molecular flexibility index (Phi) is 3.27. The number of aliphatic hydroxyl groups is 1. The van der Waals surface area contributed by atoms with Gasteiger partial charge in [-0.2, -0.15) is 0 Å². The Morgan fingerprint density at radius 3 is 2.93 bits per heavy atom. The van der Waals surface area contributed by atoms with Crippen LogP contribution in [0.4, 0.5) is 0 Å². The molecule has 0 saturated heterocycles. The second-order valence-electron chi connectivity index (χ2n) is 4.46. The average Bonchev–Trinajstić information content (AvgIpc) is 3.02. The molecule has 1 unspecified atom stereocenters. The van der Waals surface area contributed by atoms with Gasteiger partial charge >= 0.3 is 0 Å². The SMILES string of the molecule is CC(CO)Cc1cccc(OC2CC2)c1. The molecule has 1 aromatic rings. The lowest BCUT2D eigenvalue weighted by Crippen LogP contribution is -2.05. The van der Waals surface area contributed by atoms with E-state index in [4.69, 9.17) is 9.84 Å². The molecule has 0 aliphatic heterocycles. The molecule has 1 fully saturated rings. The number of rotatable bonds is 5. The smallest absolute Gasteiger partial charge is 0.119 e. The fraction of sp³-hybridized carbons (Fsp3) is 0.538. The van der Waals surface area contributed by atoms with Crippen LogP contribution < -0.4 is 4.74 Å². The standard InChI is InChI=1S/C13H18O2/c1-10(9-14)7-11-3-2-4-13(8-11)15-12-5-6-12/h2-4,8,10,12,14H,5-7,9H2,1H3. The normalized spacial score (nSPS) is 17.5. The molecule has 15 heavy (non-hydrogen) atoms. The molecular weight excluding hydrogens is 188 g/mol. The highest BCUT2D eigenvalue weighted by atomic mass is 16.5. The summed E-state index contributed by atoms with van der Waals surface area (Å²) in [7, 11) is 0. The van der Waals surface area contributed by atoms with Crippen molar-refractivity contribution in [2.45, 2.75) is 32.3 Å². The molecule has 0 amide bonds. The maximum atomic E-state index is 8.99. The van der Waals surface area contributed by atoms with E-state index in [-0.39, 0.29) is 6.61 Å². The summed E-state index contributed by atoms with van der Waals surface area (Å²) < 4.78 is 5.72. The van der Waals surface area contributed by atoms with Gasteiger partial charge in [0.1, 0.15) is 5.75 Å². The molecule has 1 aromatic carbocycles. The molecule has 0 aromatic heterocycles. The van der Waals surface area contributed by atoms with Gasteiger partial charge in [0.2, 0.25) is 0 Å². The largest absolute Gasteiger partial charge is 0.490 e. The number of ether oxygens (including phenoxy) is 1. The molecule has 1 aliphatic carbocycles. The quantitative estimate of drug-likeness (QED) is 0.801. The first-order valence-electron chi connectivity index (χ1n) is 5.64. The zero-order valence-corrected chi connectivity index (χ0v) is 9.15. The monoisotopic (exact) mass is 206 g/mol. The second kappa shape index (κ2) is 4.67. The Morgan fingerprint density at radius 1 is 1.47 bits per heavy atom. The molecule has 2 heteroatoms. The first-order chi connectivity index (χ1) is 7.28. The highest BCUT2D eigenvalue weighted by Crippen LogP contribution is 2.27. The molecule has 2 nitrogen and oxygen atoms in total. The minimum absolute atomic E-state index is 0.244. The van der Waals surface area contributed by atoms with Crippen LogP contribution in [0.3, 0.4) is 0 Å². The Hall–Kier alpha value is -1.02. The van der Waals surface area contributed by atoms with Crippen molar-refractivity contribution in [3.05, 3.63) is 29.8 Å². The van der Waals surface area contributed by atoms with Gasteiger partial charge in [0.25, 0.3) is 0 Å². The van der Waals surface area contributed by atoms with Crippen molar-refractivity contribution in [2.24, 2.45) is 5.92 Å². The van der Waals surface area contributed by atoms with Gasteiger partial charge in [0.05, 0.1) is 6.10 Å². The van der Waals surface area contributed by atoms with E-state index >= 15 is 0 Å². The fourth-order valence-electron chi connectivity index (χ4n) is 1.59. The molecular formula is C13H18O2. The van der Waals surface area contributed by atoms with E-state index in [1.165, 1.54) is 18.4 Å². The van der Waals surface area contributed by atoms with Crippen molar-refractivity contribution in [1.82, 2.24) is 0 Å². The minimum atomic E-state index is 0.244. The van der Waals surface area contributed by atoms with Crippen LogP contribution in [0.5, 0.6) is 5.75 Å². The van der Waals surface area contributed by atoms with Gasteiger partial charge in [-0.25, -0.2) is 0 Å². The maximum absolute atomic E-state index is 8.99. The predicted molar refractivity (Wildman–Crippen MR) is 60.0 cm³/mol. The molecule has 0 radical (unpaired) electrons. The Bertz CT molecular complexity index is 318. The van der Waals surface area contributed by atoms with Crippen LogP contribution in [-0.4, -0.2) is 17.8 Å². The van der Waals surface area contributed by atoms with E-state index in [0.29, 0.717) is 12.0 Å². The van der Waals surface area contributed by atoms with E-state index in [1.54, 1.807) is 0 Å². The first kappa shape index (κ1) is 10.5. The summed E-state index contributed by atoms with van der Waals surface area (Å²) in [6.45, 7) is 2.29. The van der Waals surface area contributed by atoms with Crippen molar-refractivity contribution in [1.29, 1.82) is 0 Å². The summed E-state index contributed by atoms with van der Waals surface area (Å²) >= 11 is 0. The van der Waals surface area contributed by atoms with Crippen LogP contribution in [0.1, 0.15) is 25.3 Å². The third kappa shape index (κ3) is 3.24. The van der Waals surface area contributed by atoms with Gasteiger partial charge in [0.15, 0.2) is 0 Å². The summed E-state index contributed by atoms with van der Waals surface area (Å²) in [5.74, 6) is 1.29. The van der Waals surface area contributed by atoms with Crippen molar-refractivity contribution >= 4 is 0 Å². The fourth-order valence-corrected chi connectivity index (χ4v) is 1.59.